The lowest BCUT2D eigenvalue weighted by Gasteiger charge is -2.34. The van der Waals surface area contributed by atoms with Gasteiger partial charge in [0.15, 0.2) is 0 Å². The Hall–Kier alpha value is -1.26. The van der Waals surface area contributed by atoms with E-state index < -0.39 is 0 Å². The molecule has 0 aromatic heterocycles. The summed E-state index contributed by atoms with van der Waals surface area (Å²) >= 11 is 6.04. The van der Waals surface area contributed by atoms with Crippen LogP contribution in [-0.4, -0.2) is 56.0 Å². The van der Waals surface area contributed by atoms with E-state index in [0.29, 0.717) is 13.0 Å². The van der Waals surface area contributed by atoms with E-state index in [2.05, 4.69) is 29.0 Å². The van der Waals surface area contributed by atoms with Crippen molar-refractivity contribution in [2.45, 2.75) is 11.8 Å². The fraction of sp³-hybridized carbons (Fsp3) is 0.533. The molecule has 0 N–H and O–H groups in total. The minimum atomic E-state index is -0.0557. The van der Waals surface area contributed by atoms with Gasteiger partial charge in [0.1, 0.15) is 0 Å². The molecule has 3 rings (SSSR count). The minimum absolute atomic E-state index is 0.0557. The summed E-state index contributed by atoms with van der Waals surface area (Å²) in [4.78, 5) is 18.3. The number of carbonyl (C=O) groups excluding carboxylic acids is 1. The molecule has 5 heteroatoms. The molecule has 20 heavy (non-hydrogen) atoms. The second-order valence-corrected chi connectivity index (χ2v) is 6.23. The van der Waals surface area contributed by atoms with Gasteiger partial charge in [-0.25, -0.2) is 0 Å². The van der Waals surface area contributed by atoms with Crippen LogP contribution in [0.2, 0.25) is 0 Å². The molecule has 0 radical (unpaired) electrons. The van der Waals surface area contributed by atoms with Gasteiger partial charge in [-0.1, -0.05) is 0 Å². The van der Waals surface area contributed by atoms with Gasteiger partial charge in [0, 0.05) is 50.5 Å². The van der Waals surface area contributed by atoms with Gasteiger partial charge in [-0.15, -0.1) is 11.6 Å². The van der Waals surface area contributed by atoms with Crippen LogP contribution in [0.5, 0.6) is 0 Å². The lowest BCUT2D eigenvalue weighted by molar-refractivity contribution is -0.117. The Bertz CT molecular complexity index is 482. The molecular weight excluding hydrogens is 274 g/mol. The van der Waals surface area contributed by atoms with Crippen LogP contribution in [0.25, 0.3) is 0 Å². The van der Waals surface area contributed by atoms with Crippen LogP contribution in [0.3, 0.4) is 0 Å². The summed E-state index contributed by atoms with van der Waals surface area (Å²) in [6.45, 7) is 4.93. The van der Waals surface area contributed by atoms with Crippen LogP contribution in [0.1, 0.15) is 6.42 Å². The van der Waals surface area contributed by atoms with E-state index in [-0.39, 0.29) is 11.3 Å². The van der Waals surface area contributed by atoms with Crippen molar-refractivity contribution < 1.29 is 4.79 Å². The summed E-state index contributed by atoms with van der Waals surface area (Å²) in [5, 5.41) is -0.0557. The number of carbonyl (C=O) groups is 1. The number of benzene rings is 1. The standard InChI is InChI=1S/C15H20ClN3O/c1-17-6-8-18(9-7-17)13-2-4-14(5-3-13)19-11-12(16)10-15(19)20/h2-5,12H,6-11H2,1H3. The molecule has 2 aliphatic heterocycles. The molecule has 2 heterocycles. The van der Waals surface area contributed by atoms with Crippen LogP contribution in [0, 0.1) is 0 Å². The van der Waals surface area contributed by atoms with Crippen LogP contribution >= 0.6 is 11.6 Å². The molecule has 0 bridgehead atoms. The zero-order valence-electron chi connectivity index (χ0n) is 11.8. The lowest BCUT2D eigenvalue weighted by atomic mass is 10.2. The lowest BCUT2D eigenvalue weighted by Crippen LogP contribution is -2.44. The first-order valence-electron chi connectivity index (χ1n) is 7.11. The molecule has 2 aliphatic rings. The Morgan fingerprint density at radius 2 is 1.65 bits per heavy atom. The highest BCUT2D eigenvalue weighted by atomic mass is 35.5. The van der Waals surface area contributed by atoms with Gasteiger partial charge in [-0.05, 0) is 31.3 Å². The van der Waals surface area contributed by atoms with Gasteiger partial charge < -0.3 is 14.7 Å². The average molecular weight is 294 g/mol. The average Bonchev–Trinajstić information content (AvgIpc) is 2.79. The molecule has 1 atom stereocenters. The third-order valence-corrected chi connectivity index (χ3v) is 4.40. The van der Waals surface area contributed by atoms with Crippen molar-refractivity contribution in [1.82, 2.24) is 4.90 Å². The first kappa shape index (κ1) is 13.7. The Kier molecular flexibility index (Phi) is 3.85. The normalized spacial score (nSPS) is 24.5. The van der Waals surface area contributed by atoms with Gasteiger partial charge >= 0.3 is 0 Å². The highest BCUT2D eigenvalue weighted by Gasteiger charge is 2.29. The highest BCUT2D eigenvalue weighted by Crippen LogP contribution is 2.26. The number of amides is 1. The van der Waals surface area contributed by atoms with Crippen molar-refractivity contribution in [2.75, 3.05) is 49.6 Å². The van der Waals surface area contributed by atoms with Gasteiger partial charge in [-0.3, -0.25) is 4.79 Å². The van der Waals surface area contributed by atoms with Crippen LogP contribution < -0.4 is 9.80 Å². The SMILES string of the molecule is CN1CCN(c2ccc(N3CC(Cl)CC3=O)cc2)CC1. The number of halogens is 1. The molecule has 0 saturated carbocycles. The summed E-state index contributed by atoms with van der Waals surface area (Å²) in [5.41, 5.74) is 2.19. The maximum atomic E-state index is 11.8. The molecule has 1 unspecified atom stereocenters. The number of anilines is 2. The predicted octanol–water partition coefficient (Wildman–Crippen LogP) is 1.78. The molecular formula is C15H20ClN3O. The topological polar surface area (TPSA) is 26.8 Å². The van der Waals surface area contributed by atoms with Crippen molar-refractivity contribution in [3.63, 3.8) is 0 Å². The Morgan fingerprint density at radius 1 is 1.05 bits per heavy atom. The summed E-state index contributed by atoms with van der Waals surface area (Å²) in [6.07, 6.45) is 0.446. The number of piperazine rings is 1. The molecule has 1 aromatic carbocycles. The fourth-order valence-corrected chi connectivity index (χ4v) is 3.09. The number of rotatable bonds is 2. The van der Waals surface area contributed by atoms with E-state index in [1.165, 1.54) is 5.69 Å². The number of likely N-dealkylation sites (N-methyl/N-ethyl adjacent to an activating group) is 1. The van der Waals surface area contributed by atoms with E-state index in [0.717, 1.165) is 31.9 Å². The van der Waals surface area contributed by atoms with Gasteiger partial charge in [0.25, 0.3) is 0 Å². The number of hydrogen-bond donors (Lipinski definition) is 0. The molecule has 0 aliphatic carbocycles. The number of alkyl halides is 1. The molecule has 2 fully saturated rings. The van der Waals surface area contributed by atoms with E-state index >= 15 is 0 Å². The Balaban J connectivity index is 1.70. The highest BCUT2D eigenvalue weighted by molar-refractivity contribution is 6.24. The maximum Gasteiger partial charge on any atom is 0.228 e. The number of hydrogen-bond acceptors (Lipinski definition) is 3. The largest absolute Gasteiger partial charge is 0.369 e. The summed E-state index contributed by atoms with van der Waals surface area (Å²) in [6, 6.07) is 8.27. The Morgan fingerprint density at radius 3 is 2.20 bits per heavy atom. The zero-order chi connectivity index (χ0) is 14.1. The smallest absolute Gasteiger partial charge is 0.228 e. The summed E-state index contributed by atoms with van der Waals surface area (Å²) in [7, 11) is 2.15. The summed E-state index contributed by atoms with van der Waals surface area (Å²) in [5.74, 6) is 0.123. The minimum Gasteiger partial charge on any atom is -0.369 e. The van der Waals surface area contributed by atoms with Crippen molar-refractivity contribution in [3.8, 4) is 0 Å². The quantitative estimate of drug-likeness (QED) is 0.778. The second kappa shape index (κ2) is 5.62. The van der Waals surface area contributed by atoms with Crippen molar-refractivity contribution in [1.29, 1.82) is 0 Å². The summed E-state index contributed by atoms with van der Waals surface area (Å²) < 4.78 is 0. The maximum absolute atomic E-state index is 11.8. The number of nitrogens with zero attached hydrogens (tertiary/aromatic N) is 3. The third-order valence-electron chi connectivity index (χ3n) is 4.11. The molecule has 1 aromatic rings. The molecule has 108 valence electrons. The zero-order valence-corrected chi connectivity index (χ0v) is 12.5. The van der Waals surface area contributed by atoms with E-state index in [9.17, 15) is 4.79 Å². The van der Waals surface area contributed by atoms with E-state index in [1.54, 1.807) is 4.90 Å². The Labute approximate surface area is 124 Å². The fourth-order valence-electron chi connectivity index (χ4n) is 2.82. The monoisotopic (exact) mass is 293 g/mol. The third kappa shape index (κ3) is 2.76. The molecule has 0 spiro atoms. The molecule has 1 amide bonds. The first-order chi connectivity index (χ1) is 9.63. The van der Waals surface area contributed by atoms with Gasteiger partial charge in [0.2, 0.25) is 5.91 Å². The van der Waals surface area contributed by atoms with Crippen LogP contribution in [0.4, 0.5) is 11.4 Å². The first-order valence-corrected chi connectivity index (χ1v) is 7.55. The predicted molar refractivity (Wildman–Crippen MR) is 82.8 cm³/mol. The van der Waals surface area contributed by atoms with Gasteiger partial charge in [-0.2, -0.15) is 0 Å². The van der Waals surface area contributed by atoms with E-state index in [1.807, 2.05) is 12.1 Å². The van der Waals surface area contributed by atoms with Crippen molar-refractivity contribution in [3.05, 3.63) is 24.3 Å². The second-order valence-electron chi connectivity index (χ2n) is 5.61. The van der Waals surface area contributed by atoms with Crippen LogP contribution in [0.15, 0.2) is 24.3 Å². The van der Waals surface area contributed by atoms with Crippen LogP contribution in [-0.2, 0) is 4.79 Å². The molecule has 4 nitrogen and oxygen atoms in total. The van der Waals surface area contributed by atoms with Crippen molar-refractivity contribution in [2.24, 2.45) is 0 Å². The van der Waals surface area contributed by atoms with Gasteiger partial charge in [0.05, 0.1) is 5.38 Å². The van der Waals surface area contributed by atoms with E-state index in [4.69, 9.17) is 11.6 Å². The van der Waals surface area contributed by atoms with Crippen molar-refractivity contribution >= 4 is 28.9 Å². The molecule has 2 saturated heterocycles.